The van der Waals surface area contributed by atoms with Gasteiger partial charge in [-0.2, -0.15) is 5.26 Å². The van der Waals surface area contributed by atoms with Crippen LogP contribution < -0.4 is 4.74 Å². The van der Waals surface area contributed by atoms with Crippen molar-refractivity contribution in [3.63, 3.8) is 0 Å². The number of nitrogens with zero attached hydrogens (tertiary/aromatic N) is 2. The summed E-state index contributed by atoms with van der Waals surface area (Å²) in [6, 6.07) is 11.1. The summed E-state index contributed by atoms with van der Waals surface area (Å²) >= 11 is 7.66. The first-order valence-electron chi connectivity index (χ1n) is 5.11. The standard InChI is InChI=1S/C13H9ClN2OS/c1-18-11-4-2-10(3-5-11)17-13-12(14)9(8-15)6-7-16-13/h2-7H,1H3. The Morgan fingerprint density at radius 3 is 2.61 bits per heavy atom. The predicted molar refractivity (Wildman–Crippen MR) is 72.3 cm³/mol. The number of pyridine rings is 1. The lowest BCUT2D eigenvalue weighted by atomic mass is 10.3. The SMILES string of the molecule is CSc1ccc(Oc2nccc(C#N)c2Cl)cc1. The highest BCUT2D eigenvalue weighted by atomic mass is 35.5. The van der Waals surface area contributed by atoms with Crippen LogP contribution in [0.1, 0.15) is 5.56 Å². The first-order chi connectivity index (χ1) is 8.74. The van der Waals surface area contributed by atoms with E-state index >= 15 is 0 Å². The second-order valence-corrected chi connectivity index (χ2v) is 4.62. The van der Waals surface area contributed by atoms with Crippen LogP contribution in [0.5, 0.6) is 11.6 Å². The zero-order valence-corrected chi connectivity index (χ0v) is 11.1. The monoisotopic (exact) mass is 276 g/mol. The first-order valence-corrected chi connectivity index (χ1v) is 6.71. The van der Waals surface area contributed by atoms with Crippen LogP contribution in [-0.4, -0.2) is 11.2 Å². The van der Waals surface area contributed by atoms with Gasteiger partial charge in [0.2, 0.25) is 5.88 Å². The van der Waals surface area contributed by atoms with Gasteiger partial charge < -0.3 is 4.74 Å². The number of hydrogen-bond donors (Lipinski definition) is 0. The predicted octanol–water partition coefficient (Wildman–Crippen LogP) is 4.12. The number of hydrogen-bond acceptors (Lipinski definition) is 4. The Morgan fingerprint density at radius 1 is 1.28 bits per heavy atom. The van der Waals surface area contributed by atoms with Gasteiger partial charge in [-0.3, -0.25) is 0 Å². The number of halogens is 1. The molecule has 5 heteroatoms. The third-order valence-corrected chi connectivity index (χ3v) is 3.36. The summed E-state index contributed by atoms with van der Waals surface area (Å²) in [6.45, 7) is 0. The smallest absolute Gasteiger partial charge is 0.239 e. The van der Waals surface area contributed by atoms with E-state index in [0.29, 0.717) is 11.3 Å². The average molecular weight is 277 g/mol. The summed E-state index contributed by atoms with van der Waals surface area (Å²) in [6.07, 6.45) is 3.50. The Morgan fingerprint density at radius 2 is 2.00 bits per heavy atom. The highest BCUT2D eigenvalue weighted by Crippen LogP contribution is 2.30. The maximum atomic E-state index is 8.86. The van der Waals surface area contributed by atoms with Crippen molar-refractivity contribution in [3.05, 3.63) is 47.1 Å². The van der Waals surface area contributed by atoms with Crippen molar-refractivity contribution in [2.75, 3.05) is 6.26 Å². The van der Waals surface area contributed by atoms with Crippen LogP contribution in [0.2, 0.25) is 5.02 Å². The van der Waals surface area contributed by atoms with Crippen LogP contribution >= 0.6 is 23.4 Å². The number of rotatable bonds is 3. The van der Waals surface area contributed by atoms with Crippen LogP contribution in [0.4, 0.5) is 0 Å². The average Bonchev–Trinajstić information content (AvgIpc) is 2.42. The van der Waals surface area contributed by atoms with Gasteiger partial charge in [0.15, 0.2) is 0 Å². The molecule has 3 nitrogen and oxygen atoms in total. The fourth-order valence-corrected chi connectivity index (χ4v) is 1.94. The lowest BCUT2D eigenvalue weighted by molar-refractivity contribution is 0.462. The Labute approximate surface area is 114 Å². The summed E-state index contributed by atoms with van der Waals surface area (Å²) in [5.74, 6) is 0.880. The maximum absolute atomic E-state index is 8.86. The third-order valence-electron chi connectivity index (χ3n) is 2.25. The minimum atomic E-state index is 0.231. The van der Waals surface area contributed by atoms with Crippen molar-refractivity contribution >= 4 is 23.4 Å². The molecule has 0 spiro atoms. The van der Waals surface area contributed by atoms with Crippen molar-refractivity contribution in [2.45, 2.75) is 4.90 Å². The van der Waals surface area contributed by atoms with Gasteiger partial charge in [-0.15, -0.1) is 11.8 Å². The molecule has 0 fully saturated rings. The van der Waals surface area contributed by atoms with Crippen molar-refractivity contribution in [2.24, 2.45) is 0 Å². The van der Waals surface area contributed by atoms with Crippen molar-refractivity contribution in [1.29, 1.82) is 5.26 Å². The number of aromatic nitrogens is 1. The second kappa shape index (κ2) is 5.76. The summed E-state index contributed by atoms with van der Waals surface area (Å²) in [7, 11) is 0. The molecule has 1 aromatic carbocycles. The highest BCUT2D eigenvalue weighted by molar-refractivity contribution is 7.98. The van der Waals surface area contributed by atoms with Gasteiger partial charge in [-0.25, -0.2) is 4.98 Å². The van der Waals surface area contributed by atoms with Crippen LogP contribution in [0, 0.1) is 11.3 Å². The van der Waals surface area contributed by atoms with Gasteiger partial charge in [0, 0.05) is 11.1 Å². The largest absolute Gasteiger partial charge is 0.437 e. The molecule has 2 rings (SSSR count). The minimum Gasteiger partial charge on any atom is -0.437 e. The Balaban J connectivity index is 2.26. The van der Waals surface area contributed by atoms with Gasteiger partial charge in [-0.1, -0.05) is 11.6 Å². The summed E-state index contributed by atoms with van der Waals surface area (Å²) in [5, 5.41) is 9.09. The van der Waals surface area contributed by atoms with E-state index in [-0.39, 0.29) is 10.9 Å². The summed E-state index contributed by atoms with van der Waals surface area (Å²) in [4.78, 5) is 5.16. The van der Waals surface area contributed by atoms with E-state index in [0.717, 1.165) is 4.90 Å². The van der Waals surface area contributed by atoms with Gasteiger partial charge in [-0.05, 0) is 36.6 Å². The molecule has 0 saturated carbocycles. The molecule has 0 saturated heterocycles. The van der Waals surface area contributed by atoms with E-state index in [1.165, 1.54) is 6.20 Å². The van der Waals surface area contributed by atoms with E-state index in [1.807, 2.05) is 36.6 Å². The normalized spacial score (nSPS) is 9.83. The molecule has 0 aliphatic rings. The van der Waals surface area contributed by atoms with E-state index < -0.39 is 0 Å². The first kappa shape index (κ1) is 12.7. The van der Waals surface area contributed by atoms with E-state index in [1.54, 1.807) is 17.8 Å². The zero-order valence-electron chi connectivity index (χ0n) is 9.55. The van der Waals surface area contributed by atoms with Gasteiger partial charge in [0.05, 0.1) is 5.56 Å². The van der Waals surface area contributed by atoms with Crippen LogP contribution in [0.15, 0.2) is 41.4 Å². The zero-order chi connectivity index (χ0) is 13.0. The van der Waals surface area contributed by atoms with Crippen LogP contribution in [0.3, 0.4) is 0 Å². The molecule has 18 heavy (non-hydrogen) atoms. The number of thioether (sulfide) groups is 1. The molecule has 0 radical (unpaired) electrons. The van der Waals surface area contributed by atoms with Crippen LogP contribution in [0.25, 0.3) is 0 Å². The molecular formula is C13H9ClN2OS. The molecule has 2 aromatic rings. The summed E-state index contributed by atoms with van der Waals surface area (Å²) in [5.41, 5.74) is 0.349. The number of benzene rings is 1. The fraction of sp³-hybridized carbons (Fsp3) is 0.0769. The van der Waals surface area contributed by atoms with Gasteiger partial charge in [0.25, 0.3) is 0 Å². The molecule has 0 aliphatic heterocycles. The highest BCUT2D eigenvalue weighted by Gasteiger charge is 2.09. The molecule has 0 atom stereocenters. The Kier molecular flexibility index (Phi) is 4.08. The van der Waals surface area contributed by atoms with E-state index in [4.69, 9.17) is 21.6 Å². The molecule has 0 N–H and O–H groups in total. The quantitative estimate of drug-likeness (QED) is 0.791. The molecular weight excluding hydrogens is 268 g/mol. The molecule has 0 bridgehead atoms. The lowest BCUT2D eigenvalue weighted by Crippen LogP contribution is -1.90. The Hall–Kier alpha value is -1.70. The van der Waals surface area contributed by atoms with Crippen molar-refractivity contribution in [1.82, 2.24) is 4.98 Å². The number of nitriles is 1. The van der Waals surface area contributed by atoms with E-state index in [9.17, 15) is 0 Å². The molecule has 90 valence electrons. The summed E-state index contributed by atoms with van der Waals surface area (Å²) < 4.78 is 5.55. The van der Waals surface area contributed by atoms with Crippen molar-refractivity contribution in [3.8, 4) is 17.7 Å². The second-order valence-electron chi connectivity index (χ2n) is 3.37. The molecule has 0 unspecified atom stereocenters. The third kappa shape index (κ3) is 2.76. The fourth-order valence-electron chi connectivity index (χ4n) is 1.34. The van der Waals surface area contributed by atoms with Gasteiger partial charge >= 0.3 is 0 Å². The molecule has 0 aliphatic carbocycles. The maximum Gasteiger partial charge on any atom is 0.239 e. The minimum absolute atomic E-state index is 0.231. The molecule has 1 aromatic heterocycles. The van der Waals surface area contributed by atoms with Crippen molar-refractivity contribution < 1.29 is 4.74 Å². The molecule has 1 heterocycles. The molecule has 0 amide bonds. The van der Waals surface area contributed by atoms with Gasteiger partial charge in [0.1, 0.15) is 16.8 Å². The van der Waals surface area contributed by atoms with E-state index in [2.05, 4.69) is 4.98 Å². The Bertz CT molecular complexity index is 593. The topological polar surface area (TPSA) is 45.9 Å². The lowest BCUT2D eigenvalue weighted by Gasteiger charge is -2.07. The van der Waals surface area contributed by atoms with Crippen LogP contribution in [-0.2, 0) is 0 Å². The number of ether oxygens (including phenoxy) is 1.